The number of amides is 1. The van der Waals surface area contributed by atoms with E-state index in [1.54, 1.807) is 36.5 Å². The summed E-state index contributed by atoms with van der Waals surface area (Å²) in [5.74, 6) is 1.04. The molecule has 0 saturated heterocycles. The Morgan fingerprint density at radius 2 is 1.74 bits per heavy atom. The van der Waals surface area contributed by atoms with Gasteiger partial charge < -0.3 is 19.9 Å². The Hall–Kier alpha value is -3.87. The number of aromatic nitrogens is 1. The Morgan fingerprint density at radius 1 is 1.00 bits per heavy atom. The van der Waals surface area contributed by atoms with Gasteiger partial charge >= 0.3 is 5.97 Å². The Morgan fingerprint density at radius 3 is 2.44 bits per heavy atom. The third-order valence-electron chi connectivity index (χ3n) is 5.96. The maximum absolute atomic E-state index is 12.4. The zero-order valence-corrected chi connectivity index (χ0v) is 19.1. The fraction of sp³-hybridized carbons (Fsp3) is 0.296. The maximum Gasteiger partial charge on any atom is 0.337 e. The Balaban J connectivity index is 1.30. The second kappa shape index (κ2) is 10.8. The molecule has 4 rings (SSSR count). The lowest BCUT2D eigenvalue weighted by atomic mass is 9.88. The number of para-hydroxylation sites is 1. The summed E-state index contributed by atoms with van der Waals surface area (Å²) in [7, 11) is 0. The molecule has 1 aliphatic rings. The number of hydrogen-bond donors (Lipinski definition) is 2. The molecule has 2 N–H and O–H groups in total. The molecule has 0 bridgehead atoms. The van der Waals surface area contributed by atoms with E-state index in [1.807, 2.05) is 24.3 Å². The van der Waals surface area contributed by atoms with Crippen molar-refractivity contribution >= 4 is 17.6 Å². The van der Waals surface area contributed by atoms with Crippen LogP contribution < -0.4 is 14.8 Å². The van der Waals surface area contributed by atoms with E-state index in [9.17, 15) is 14.7 Å². The molecule has 0 spiro atoms. The fourth-order valence-corrected chi connectivity index (χ4v) is 4.07. The molecule has 1 fully saturated rings. The van der Waals surface area contributed by atoms with Gasteiger partial charge in [-0.1, -0.05) is 31.5 Å². The van der Waals surface area contributed by atoms with E-state index >= 15 is 0 Å². The number of nitrogens with zero attached hydrogens (tertiary/aromatic N) is 1. The monoisotopic (exact) mass is 460 g/mol. The second-order valence-corrected chi connectivity index (χ2v) is 8.57. The van der Waals surface area contributed by atoms with Crippen LogP contribution in [-0.4, -0.2) is 28.1 Å². The summed E-state index contributed by atoms with van der Waals surface area (Å²) in [4.78, 5) is 27.9. The van der Waals surface area contributed by atoms with Crippen molar-refractivity contribution in [2.24, 2.45) is 5.92 Å². The van der Waals surface area contributed by atoms with Crippen molar-refractivity contribution in [3.8, 4) is 17.4 Å². The number of benzene rings is 2. The van der Waals surface area contributed by atoms with Crippen molar-refractivity contribution in [3.05, 3.63) is 78.0 Å². The lowest BCUT2D eigenvalue weighted by molar-refractivity contribution is -0.115. The molecule has 2 atom stereocenters. The number of nitrogens with one attached hydrogen (secondary N) is 1. The average molecular weight is 461 g/mol. The quantitative estimate of drug-likeness (QED) is 0.447. The molecule has 1 heterocycles. The van der Waals surface area contributed by atoms with E-state index in [4.69, 9.17) is 9.47 Å². The molecule has 1 aliphatic carbocycles. The van der Waals surface area contributed by atoms with Gasteiger partial charge in [-0.3, -0.25) is 4.79 Å². The highest BCUT2D eigenvalue weighted by atomic mass is 16.5. The van der Waals surface area contributed by atoms with Gasteiger partial charge in [-0.25, -0.2) is 9.78 Å². The minimum atomic E-state index is -1.10. The number of ether oxygens (including phenoxy) is 2. The highest BCUT2D eigenvalue weighted by Gasteiger charge is 2.22. The van der Waals surface area contributed by atoms with Gasteiger partial charge in [0.25, 0.3) is 0 Å². The molecule has 1 saturated carbocycles. The van der Waals surface area contributed by atoms with E-state index < -0.39 is 5.97 Å². The summed E-state index contributed by atoms with van der Waals surface area (Å²) in [6.45, 7) is 2.25. The van der Waals surface area contributed by atoms with Crippen LogP contribution in [0.4, 0.5) is 5.69 Å². The molecule has 0 radical (unpaired) electrons. The molecule has 2 unspecified atom stereocenters. The normalized spacial score (nSPS) is 17.6. The van der Waals surface area contributed by atoms with E-state index in [-0.39, 0.29) is 29.7 Å². The predicted molar refractivity (Wildman–Crippen MR) is 129 cm³/mol. The summed E-state index contributed by atoms with van der Waals surface area (Å²) in [5, 5.41) is 11.9. The van der Waals surface area contributed by atoms with Gasteiger partial charge in [0.15, 0.2) is 0 Å². The smallest absolute Gasteiger partial charge is 0.337 e. The number of rotatable bonds is 8. The molecule has 7 nitrogen and oxygen atoms in total. The van der Waals surface area contributed by atoms with Crippen LogP contribution >= 0.6 is 0 Å². The van der Waals surface area contributed by atoms with Crippen LogP contribution in [0.3, 0.4) is 0 Å². The van der Waals surface area contributed by atoms with Gasteiger partial charge in [-0.2, -0.15) is 0 Å². The third kappa shape index (κ3) is 6.13. The lowest BCUT2D eigenvalue weighted by Crippen LogP contribution is -2.28. The topological polar surface area (TPSA) is 97.8 Å². The predicted octanol–water partition coefficient (Wildman–Crippen LogP) is 5.71. The largest absolute Gasteiger partial charge is 0.490 e. The molecule has 34 heavy (non-hydrogen) atoms. The van der Waals surface area contributed by atoms with Crippen LogP contribution in [0.15, 0.2) is 66.9 Å². The molecule has 2 aromatic carbocycles. The number of aromatic carboxylic acids is 1. The van der Waals surface area contributed by atoms with Crippen LogP contribution in [0.1, 0.15) is 48.5 Å². The average Bonchev–Trinajstić information content (AvgIpc) is 2.83. The first-order valence-corrected chi connectivity index (χ1v) is 11.5. The van der Waals surface area contributed by atoms with Gasteiger partial charge in [0.1, 0.15) is 17.6 Å². The Bertz CT molecular complexity index is 1130. The van der Waals surface area contributed by atoms with Gasteiger partial charge in [-0.15, -0.1) is 0 Å². The minimum absolute atomic E-state index is 0.0439. The SMILES string of the molecule is CC1CCCCC1Oc1ccc(Oc2ccc(CC(=O)Nc3ccccc3C(=O)O)cn2)cc1. The molecule has 1 amide bonds. The summed E-state index contributed by atoms with van der Waals surface area (Å²) < 4.78 is 12.0. The summed E-state index contributed by atoms with van der Waals surface area (Å²) >= 11 is 0. The number of carbonyl (C=O) groups is 2. The van der Waals surface area contributed by atoms with E-state index in [1.165, 1.54) is 25.3 Å². The maximum atomic E-state index is 12.4. The second-order valence-electron chi connectivity index (χ2n) is 8.57. The Kier molecular flexibility index (Phi) is 7.42. The Labute approximate surface area is 198 Å². The van der Waals surface area contributed by atoms with Gasteiger partial charge in [0.2, 0.25) is 11.8 Å². The van der Waals surface area contributed by atoms with Gasteiger partial charge in [-0.05, 0) is 67.1 Å². The van der Waals surface area contributed by atoms with Crippen LogP contribution in [-0.2, 0) is 11.2 Å². The number of carboxylic acid groups (broad SMARTS) is 1. The van der Waals surface area contributed by atoms with Crippen LogP contribution in [0.2, 0.25) is 0 Å². The van der Waals surface area contributed by atoms with Crippen LogP contribution in [0.5, 0.6) is 17.4 Å². The first-order chi connectivity index (χ1) is 16.5. The van der Waals surface area contributed by atoms with Crippen molar-refractivity contribution in [3.63, 3.8) is 0 Å². The highest BCUT2D eigenvalue weighted by molar-refractivity contribution is 6.00. The molecular weight excluding hydrogens is 432 g/mol. The van der Waals surface area contributed by atoms with Gasteiger partial charge in [0.05, 0.1) is 17.7 Å². The highest BCUT2D eigenvalue weighted by Crippen LogP contribution is 2.29. The molecular formula is C27H28N2O5. The number of carbonyl (C=O) groups excluding carboxylic acids is 1. The number of carboxylic acids is 1. The zero-order valence-electron chi connectivity index (χ0n) is 19.1. The van der Waals surface area contributed by atoms with Crippen molar-refractivity contribution in [2.45, 2.75) is 45.1 Å². The minimum Gasteiger partial charge on any atom is -0.490 e. The molecule has 1 aromatic heterocycles. The van der Waals surface area contributed by atoms with E-state index in [0.29, 0.717) is 23.1 Å². The van der Waals surface area contributed by atoms with Crippen molar-refractivity contribution in [1.29, 1.82) is 0 Å². The first-order valence-electron chi connectivity index (χ1n) is 11.5. The number of anilines is 1. The third-order valence-corrected chi connectivity index (χ3v) is 5.96. The fourth-order valence-electron chi connectivity index (χ4n) is 4.07. The van der Waals surface area contributed by atoms with Gasteiger partial charge in [0, 0.05) is 12.3 Å². The van der Waals surface area contributed by atoms with Crippen molar-refractivity contribution in [1.82, 2.24) is 4.98 Å². The molecule has 3 aromatic rings. The lowest BCUT2D eigenvalue weighted by Gasteiger charge is -2.29. The molecule has 7 heteroatoms. The van der Waals surface area contributed by atoms with E-state index in [2.05, 4.69) is 17.2 Å². The molecule has 0 aliphatic heterocycles. The summed E-state index contributed by atoms with van der Waals surface area (Å²) in [6, 6.07) is 17.3. The van der Waals surface area contributed by atoms with E-state index in [0.717, 1.165) is 12.2 Å². The van der Waals surface area contributed by atoms with Crippen LogP contribution in [0, 0.1) is 5.92 Å². The number of pyridine rings is 1. The number of hydrogen-bond acceptors (Lipinski definition) is 5. The zero-order chi connectivity index (χ0) is 23.9. The standard InChI is InChI=1S/C27H28N2O5/c1-18-6-2-5-9-24(18)33-20-11-13-21(14-12-20)34-26-15-10-19(17-28-26)16-25(30)29-23-8-4-3-7-22(23)27(31)32/h3-4,7-8,10-15,17-18,24H,2,5-6,9,16H2,1H3,(H,29,30)(H,31,32). The summed E-state index contributed by atoms with van der Waals surface area (Å²) in [5.41, 5.74) is 0.990. The summed E-state index contributed by atoms with van der Waals surface area (Å²) in [6.07, 6.45) is 6.71. The van der Waals surface area contributed by atoms with Crippen LogP contribution in [0.25, 0.3) is 0 Å². The first kappa shape index (κ1) is 23.3. The molecule has 176 valence electrons. The van der Waals surface area contributed by atoms with Crippen molar-refractivity contribution in [2.75, 3.05) is 5.32 Å². The van der Waals surface area contributed by atoms with Crippen molar-refractivity contribution < 1.29 is 24.2 Å².